The molecule has 0 fully saturated rings. The van der Waals surface area contributed by atoms with Crippen molar-refractivity contribution < 1.29 is 0 Å². The van der Waals surface area contributed by atoms with Crippen LogP contribution in [0.2, 0.25) is 0 Å². The van der Waals surface area contributed by atoms with Crippen molar-refractivity contribution in [2.45, 2.75) is 6.92 Å². The Kier molecular flexibility index (Phi) is 2.36. The van der Waals surface area contributed by atoms with E-state index in [9.17, 15) is 0 Å². The summed E-state index contributed by atoms with van der Waals surface area (Å²) in [6, 6.07) is 13.7. The normalized spacial score (nSPS) is 10.1. The van der Waals surface area contributed by atoms with Crippen LogP contribution >= 0.6 is 0 Å². The molecule has 0 aliphatic heterocycles. The molecule has 0 atom stereocenters. The Bertz CT molecular complexity index is 452. The molecule has 2 heteroatoms. The van der Waals surface area contributed by atoms with Gasteiger partial charge in [-0.1, -0.05) is 35.8 Å². The molecule has 0 aliphatic carbocycles. The number of aromatic nitrogens is 1. The fourth-order valence-corrected chi connectivity index (χ4v) is 1.42. The second-order valence-electron chi connectivity index (χ2n) is 3.25. The molecule has 1 heterocycles. The molecule has 1 aromatic carbocycles. The molecule has 0 bridgehead atoms. The maximum Gasteiger partial charge on any atom is 0.114 e. The second-order valence-corrected chi connectivity index (χ2v) is 3.25. The standard InChI is InChI=1S/C12H10BN/c1-9-5-4-8-12(14-9)10-6-2-3-7-11(10)13/h2-8H,1H3. The van der Waals surface area contributed by atoms with Crippen molar-refractivity contribution in [3.63, 3.8) is 0 Å². The van der Waals surface area contributed by atoms with Crippen LogP contribution in [0, 0.1) is 6.92 Å². The van der Waals surface area contributed by atoms with Crippen LogP contribution in [-0.2, 0) is 0 Å². The van der Waals surface area contributed by atoms with Crippen LogP contribution in [-0.4, -0.2) is 12.8 Å². The van der Waals surface area contributed by atoms with Gasteiger partial charge in [-0.25, -0.2) is 0 Å². The van der Waals surface area contributed by atoms with Crippen molar-refractivity contribution in [2.75, 3.05) is 0 Å². The van der Waals surface area contributed by atoms with Crippen LogP contribution in [0.3, 0.4) is 0 Å². The Hall–Kier alpha value is -1.57. The van der Waals surface area contributed by atoms with Crippen molar-refractivity contribution in [2.24, 2.45) is 0 Å². The SMILES string of the molecule is [B]c1ccccc1-c1cccc(C)n1. The summed E-state index contributed by atoms with van der Waals surface area (Å²) in [5.41, 5.74) is 3.70. The summed E-state index contributed by atoms with van der Waals surface area (Å²) in [7, 11) is 5.86. The van der Waals surface area contributed by atoms with Gasteiger partial charge in [0.05, 0.1) is 5.69 Å². The number of hydrogen-bond donors (Lipinski definition) is 0. The molecule has 2 aromatic rings. The number of rotatable bonds is 1. The molecular weight excluding hydrogens is 169 g/mol. The van der Waals surface area contributed by atoms with E-state index in [0.717, 1.165) is 22.4 Å². The van der Waals surface area contributed by atoms with Crippen LogP contribution in [0.15, 0.2) is 42.5 Å². The minimum absolute atomic E-state index is 0.769. The van der Waals surface area contributed by atoms with Gasteiger partial charge in [0.15, 0.2) is 0 Å². The highest BCUT2D eigenvalue weighted by molar-refractivity contribution is 6.35. The van der Waals surface area contributed by atoms with Gasteiger partial charge in [-0.2, -0.15) is 0 Å². The molecule has 0 saturated carbocycles. The van der Waals surface area contributed by atoms with Crippen LogP contribution < -0.4 is 5.46 Å². The number of aryl methyl sites for hydroxylation is 1. The van der Waals surface area contributed by atoms with Crippen molar-refractivity contribution in [1.29, 1.82) is 0 Å². The van der Waals surface area contributed by atoms with E-state index in [0.29, 0.717) is 0 Å². The fraction of sp³-hybridized carbons (Fsp3) is 0.0833. The third-order valence-corrected chi connectivity index (χ3v) is 2.13. The van der Waals surface area contributed by atoms with Gasteiger partial charge in [0.2, 0.25) is 0 Å². The van der Waals surface area contributed by atoms with Gasteiger partial charge in [0.1, 0.15) is 7.85 Å². The Morgan fingerprint density at radius 2 is 1.79 bits per heavy atom. The molecule has 66 valence electrons. The quantitative estimate of drug-likeness (QED) is 0.608. The molecule has 0 saturated heterocycles. The first kappa shape index (κ1) is 9.01. The zero-order valence-electron chi connectivity index (χ0n) is 8.07. The molecule has 1 aromatic heterocycles. The Morgan fingerprint density at radius 3 is 2.50 bits per heavy atom. The minimum Gasteiger partial charge on any atom is -0.253 e. The Labute approximate surface area is 85.2 Å². The summed E-state index contributed by atoms with van der Waals surface area (Å²) in [4.78, 5) is 4.42. The van der Waals surface area contributed by atoms with Crippen molar-refractivity contribution >= 4 is 13.3 Å². The molecule has 0 aliphatic rings. The fourth-order valence-electron chi connectivity index (χ4n) is 1.42. The molecule has 2 radical (unpaired) electrons. The second kappa shape index (κ2) is 3.66. The third kappa shape index (κ3) is 1.69. The molecule has 0 unspecified atom stereocenters. The highest BCUT2D eigenvalue weighted by Crippen LogP contribution is 2.13. The monoisotopic (exact) mass is 179 g/mol. The summed E-state index contributed by atoms with van der Waals surface area (Å²) in [6.07, 6.45) is 0. The van der Waals surface area contributed by atoms with E-state index in [4.69, 9.17) is 7.85 Å². The largest absolute Gasteiger partial charge is 0.253 e. The number of hydrogen-bond acceptors (Lipinski definition) is 1. The smallest absolute Gasteiger partial charge is 0.114 e. The molecule has 0 N–H and O–H groups in total. The van der Waals surface area contributed by atoms with E-state index in [2.05, 4.69) is 4.98 Å². The molecule has 1 nitrogen and oxygen atoms in total. The lowest BCUT2D eigenvalue weighted by Gasteiger charge is -2.05. The lowest BCUT2D eigenvalue weighted by atomic mass is 9.89. The number of nitrogens with zero attached hydrogens (tertiary/aromatic N) is 1. The summed E-state index contributed by atoms with van der Waals surface area (Å²) < 4.78 is 0. The van der Waals surface area contributed by atoms with Gasteiger partial charge in [-0.15, -0.1) is 0 Å². The average molecular weight is 179 g/mol. The van der Waals surface area contributed by atoms with Gasteiger partial charge >= 0.3 is 0 Å². The predicted molar refractivity (Wildman–Crippen MR) is 59.8 cm³/mol. The van der Waals surface area contributed by atoms with E-state index < -0.39 is 0 Å². The van der Waals surface area contributed by atoms with Crippen LogP contribution in [0.4, 0.5) is 0 Å². The van der Waals surface area contributed by atoms with Crippen molar-refractivity contribution in [3.8, 4) is 11.3 Å². The zero-order chi connectivity index (χ0) is 9.97. The number of benzene rings is 1. The zero-order valence-corrected chi connectivity index (χ0v) is 8.07. The first-order valence-electron chi connectivity index (χ1n) is 4.56. The van der Waals surface area contributed by atoms with Crippen molar-refractivity contribution in [1.82, 2.24) is 4.98 Å². The highest BCUT2D eigenvalue weighted by atomic mass is 14.7. The minimum atomic E-state index is 0.769. The van der Waals surface area contributed by atoms with E-state index in [1.165, 1.54) is 0 Å². The topological polar surface area (TPSA) is 12.9 Å². The summed E-state index contributed by atoms with van der Waals surface area (Å²) in [5.74, 6) is 0. The van der Waals surface area contributed by atoms with E-state index in [-0.39, 0.29) is 0 Å². The summed E-state index contributed by atoms with van der Waals surface area (Å²) >= 11 is 0. The summed E-state index contributed by atoms with van der Waals surface area (Å²) in [5, 5.41) is 0. The third-order valence-electron chi connectivity index (χ3n) is 2.13. The number of pyridine rings is 1. The van der Waals surface area contributed by atoms with Gasteiger partial charge in [-0.05, 0) is 24.6 Å². The van der Waals surface area contributed by atoms with Gasteiger partial charge in [-0.3, -0.25) is 4.98 Å². The average Bonchev–Trinajstić information content (AvgIpc) is 2.18. The van der Waals surface area contributed by atoms with Crippen LogP contribution in [0.25, 0.3) is 11.3 Å². The van der Waals surface area contributed by atoms with Gasteiger partial charge in [0.25, 0.3) is 0 Å². The lowest BCUT2D eigenvalue weighted by Crippen LogP contribution is -2.06. The Morgan fingerprint density at radius 1 is 1.00 bits per heavy atom. The molecule has 0 spiro atoms. The van der Waals surface area contributed by atoms with Crippen LogP contribution in [0.1, 0.15) is 5.69 Å². The molecular formula is C12H10BN. The summed E-state index contributed by atoms with van der Waals surface area (Å²) in [6.45, 7) is 1.97. The lowest BCUT2D eigenvalue weighted by molar-refractivity contribution is 1.21. The van der Waals surface area contributed by atoms with Gasteiger partial charge < -0.3 is 0 Å². The maximum atomic E-state index is 5.86. The maximum absolute atomic E-state index is 5.86. The molecule has 0 amide bonds. The van der Waals surface area contributed by atoms with Crippen LogP contribution in [0.5, 0.6) is 0 Å². The Balaban J connectivity index is 2.55. The van der Waals surface area contributed by atoms with E-state index >= 15 is 0 Å². The van der Waals surface area contributed by atoms with Crippen molar-refractivity contribution in [3.05, 3.63) is 48.2 Å². The molecule has 14 heavy (non-hydrogen) atoms. The first-order chi connectivity index (χ1) is 6.77. The first-order valence-corrected chi connectivity index (χ1v) is 4.56. The predicted octanol–water partition coefficient (Wildman–Crippen LogP) is 1.85. The highest BCUT2D eigenvalue weighted by Gasteiger charge is 2.00. The van der Waals surface area contributed by atoms with E-state index in [1.807, 2.05) is 49.4 Å². The van der Waals surface area contributed by atoms with Gasteiger partial charge in [0, 0.05) is 5.69 Å². The van der Waals surface area contributed by atoms with E-state index in [1.54, 1.807) is 0 Å². The molecule has 2 rings (SSSR count).